The predicted molar refractivity (Wildman–Crippen MR) is 83.1 cm³/mol. The van der Waals surface area contributed by atoms with Crippen LogP contribution in [0, 0.1) is 11.3 Å². The maximum Gasteiger partial charge on any atom is 0.269 e. The minimum Gasteiger partial charge on any atom is -0.303 e. The molecule has 2 aromatic rings. The minimum atomic E-state index is -0.254. The summed E-state index contributed by atoms with van der Waals surface area (Å²) < 4.78 is 1.61. The number of rotatable bonds is 3. The number of pyridine rings is 1. The Labute approximate surface area is 123 Å². The molecule has 0 atom stereocenters. The highest BCUT2D eigenvalue weighted by Crippen LogP contribution is 2.27. The quantitative estimate of drug-likeness (QED) is 0.809. The summed E-state index contributed by atoms with van der Waals surface area (Å²) in [5.74, 6) is 0. The highest BCUT2D eigenvalue weighted by Gasteiger charge is 2.14. The summed E-state index contributed by atoms with van der Waals surface area (Å²) >= 11 is 0. The average molecular weight is 276 g/mol. The van der Waals surface area contributed by atoms with Gasteiger partial charge in [0, 0.05) is 6.54 Å². The van der Waals surface area contributed by atoms with Crippen molar-refractivity contribution in [3.63, 3.8) is 0 Å². The molecule has 0 saturated heterocycles. The molecule has 1 heterocycles. The van der Waals surface area contributed by atoms with Crippen molar-refractivity contribution in [1.82, 2.24) is 4.57 Å². The predicted octanol–water partition coefficient (Wildman–Crippen LogP) is 3.06. The Morgan fingerprint density at radius 2 is 2.05 bits per heavy atom. The van der Waals surface area contributed by atoms with E-state index in [1.54, 1.807) is 16.7 Å². The normalized spacial score (nSPS) is 12.7. The first-order chi connectivity index (χ1) is 10.2. The van der Waals surface area contributed by atoms with Crippen LogP contribution in [0.4, 0.5) is 0 Å². The van der Waals surface area contributed by atoms with Crippen LogP contribution in [0.2, 0.25) is 0 Å². The fraction of sp³-hybridized carbons (Fsp3) is 0.222. The number of benzene rings is 1. The van der Waals surface area contributed by atoms with Crippen molar-refractivity contribution in [1.29, 1.82) is 5.26 Å². The van der Waals surface area contributed by atoms with E-state index in [-0.39, 0.29) is 11.1 Å². The van der Waals surface area contributed by atoms with E-state index in [1.165, 1.54) is 17.5 Å². The molecule has 0 bridgehead atoms. The van der Waals surface area contributed by atoms with E-state index in [0.29, 0.717) is 6.54 Å². The fourth-order valence-corrected chi connectivity index (χ4v) is 2.96. The van der Waals surface area contributed by atoms with Gasteiger partial charge in [0.1, 0.15) is 11.6 Å². The molecule has 21 heavy (non-hydrogen) atoms. The van der Waals surface area contributed by atoms with Gasteiger partial charge < -0.3 is 4.57 Å². The molecule has 104 valence electrons. The number of fused-ring (bicyclic) bond motifs is 1. The Kier molecular flexibility index (Phi) is 3.45. The zero-order valence-electron chi connectivity index (χ0n) is 11.8. The van der Waals surface area contributed by atoms with Crippen LogP contribution in [0.3, 0.4) is 0 Å². The first-order valence-electron chi connectivity index (χ1n) is 7.11. The van der Waals surface area contributed by atoms with E-state index in [0.717, 1.165) is 24.1 Å². The maximum atomic E-state index is 12.3. The Balaban J connectivity index is 2.18. The SMILES string of the molecule is C=CCn1c(-c2ccc3c(c2)CCC3)ccc(C#N)c1=O. The number of allylic oxidation sites excluding steroid dienone is 1. The van der Waals surface area contributed by atoms with E-state index >= 15 is 0 Å². The molecule has 0 radical (unpaired) electrons. The van der Waals surface area contributed by atoms with Gasteiger partial charge in [-0.3, -0.25) is 4.79 Å². The lowest BCUT2D eigenvalue weighted by Crippen LogP contribution is -2.23. The summed E-state index contributed by atoms with van der Waals surface area (Å²) in [7, 11) is 0. The van der Waals surface area contributed by atoms with Gasteiger partial charge in [0.15, 0.2) is 0 Å². The third-order valence-electron chi connectivity index (χ3n) is 4.00. The topological polar surface area (TPSA) is 45.8 Å². The molecule has 3 nitrogen and oxygen atoms in total. The van der Waals surface area contributed by atoms with E-state index < -0.39 is 0 Å². The van der Waals surface area contributed by atoms with Crippen LogP contribution in [0.5, 0.6) is 0 Å². The van der Waals surface area contributed by atoms with Crippen molar-refractivity contribution in [3.8, 4) is 17.3 Å². The van der Waals surface area contributed by atoms with Crippen molar-refractivity contribution >= 4 is 0 Å². The third kappa shape index (κ3) is 2.30. The van der Waals surface area contributed by atoms with Gasteiger partial charge in [-0.15, -0.1) is 6.58 Å². The van der Waals surface area contributed by atoms with Crippen LogP contribution in [-0.2, 0) is 19.4 Å². The van der Waals surface area contributed by atoms with Crippen LogP contribution in [-0.4, -0.2) is 4.57 Å². The standard InChI is InChI=1S/C18H16N2O/c1-2-10-20-17(9-8-16(12-19)18(20)21)15-7-6-13-4-3-5-14(13)11-15/h2,6-9,11H,1,3-5,10H2. The van der Waals surface area contributed by atoms with Gasteiger partial charge in [-0.05, 0) is 54.2 Å². The molecule has 3 heteroatoms. The molecule has 0 unspecified atom stereocenters. The number of aromatic nitrogens is 1. The summed E-state index contributed by atoms with van der Waals surface area (Å²) in [6.45, 7) is 4.11. The van der Waals surface area contributed by atoms with Crippen molar-refractivity contribution < 1.29 is 0 Å². The average Bonchev–Trinajstić information content (AvgIpc) is 2.97. The lowest BCUT2D eigenvalue weighted by atomic mass is 10.0. The van der Waals surface area contributed by atoms with Gasteiger partial charge in [-0.1, -0.05) is 18.2 Å². The second kappa shape index (κ2) is 5.41. The summed E-state index contributed by atoms with van der Waals surface area (Å²) in [6.07, 6.45) is 5.12. The Morgan fingerprint density at radius 1 is 1.24 bits per heavy atom. The number of nitriles is 1. The first-order valence-corrected chi connectivity index (χ1v) is 7.11. The Bertz CT molecular complexity index is 809. The van der Waals surface area contributed by atoms with Crippen LogP contribution < -0.4 is 5.56 Å². The summed E-state index contributed by atoms with van der Waals surface area (Å²) in [4.78, 5) is 12.3. The van der Waals surface area contributed by atoms with Crippen LogP contribution in [0.1, 0.15) is 23.1 Å². The number of aryl methyl sites for hydroxylation is 2. The lowest BCUT2D eigenvalue weighted by Gasteiger charge is -2.13. The van der Waals surface area contributed by atoms with Gasteiger partial charge >= 0.3 is 0 Å². The number of nitrogens with zero attached hydrogens (tertiary/aromatic N) is 2. The van der Waals surface area contributed by atoms with E-state index in [2.05, 4.69) is 24.8 Å². The summed E-state index contributed by atoms with van der Waals surface area (Å²) in [5, 5.41) is 9.01. The molecular formula is C18H16N2O. The molecule has 0 spiro atoms. The minimum absolute atomic E-state index is 0.168. The van der Waals surface area contributed by atoms with E-state index in [4.69, 9.17) is 5.26 Å². The molecule has 1 aliphatic carbocycles. The van der Waals surface area contributed by atoms with Gasteiger partial charge in [0.25, 0.3) is 5.56 Å². The largest absolute Gasteiger partial charge is 0.303 e. The number of hydrogen-bond acceptors (Lipinski definition) is 2. The van der Waals surface area contributed by atoms with E-state index in [9.17, 15) is 4.79 Å². The molecule has 0 amide bonds. The monoisotopic (exact) mass is 276 g/mol. The Hall–Kier alpha value is -2.60. The zero-order valence-corrected chi connectivity index (χ0v) is 11.8. The zero-order chi connectivity index (χ0) is 14.8. The first kappa shape index (κ1) is 13.4. The number of hydrogen-bond donors (Lipinski definition) is 0. The fourth-order valence-electron chi connectivity index (χ4n) is 2.96. The molecule has 3 rings (SSSR count). The second-order valence-corrected chi connectivity index (χ2v) is 5.29. The molecule has 0 fully saturated rings. The van der Waals surface area contributed by atoms with Crippen molar-refractivity contribution in [2.45, 2.75) is 25.8 Å². The molecule has 1 aliphatic rings. The Morgan fingerprint density at radius 3 is 2.81 bits per heavy atom. The van der Waals surface area contributed by atoms with Crippen molar-refractivity contribution in [3.05, 3.63) is 70.0 Å². The van der Waals surface area contributed by atoms with Crippen molar-refractivity contribution in [2.75, 3.05) is 0 Å². The molecule has 0 aliphatic heterocycles. The maximum absolute atomic E-state index is 12.3. The highest BCUT2D eigenvalue weighted by atomic mass is 16.1. The van der Waals surface area contributed by atoms with Crippen LogP contribution in [0.25, 0.3) is 11.3 Å². The molecule has 1 aromatic carbocycles. The molecule has 0 saturated carbocycles. The van der Waals surface area contributed by atoms with Gasteiger partial charge in [0.2, 0.25) is 0 Å². The highest BCUT2D eigenvalue weighted by molar-refractivity contribution is 5.63. The molecule has 1 aromatic heterocycles. The third-order valence-corrected chi connectivity index (χ3v) is 4.00. The van der Waals surface area contributed by atoms with Crippen LogP contribution >= 0.6 is 0 Å². The van der Waals surface area contributed by atoms with Gasteiger partial charge in [0.05, 0.1) is 5.69 Å². The summed E-state index contributed by atoms with van der Waals surface area (Å²) in [6, 6.07) is 11.8. The summed E-state index contributed by atoms with van der Waals surface area (Å²) in [5.41, 5.74) is 4.56. The second-order valence-electron chi connectivity index (χ2n) is 5.29. The van der Waals surface area contributed by atoms with Gasteiger partial charge in [-0.2, -0.15) is 5.26 Å². The van der Waals surface area contributed by atoms with Crippen LogP contribution in [0.15, 0.2) is 47.8 Å². The van der Waals surface area contributed by atoms with Crippen molar-refractivity contribution in [2.24, 2.45) is 0 Å². The molecular weight excluding hydrogens is 260 g/mol. The lowest BCUT2D eigenvalue weighted by molar-refractivity contribution is 0.786. The van der Waals surface area contributed by atoms with Gasteiger partial charge in [-0.25, -0.2) is 0 Å². The molecule has 0 N–H and O–H groups in total. The van der Waals surface area contributed by atoms with E-state index in [1.807, 2.05) is 12.1 Å². The smallest absolute Gasteiger partial charge is 0.269 e.